The van der Waals surface area contributed by atoms with Gasteiger partial charge in [0.1, 0.15) is 17.3 Å². The Bertz CT molecular complexity index is 4740. The Kier molecular flexibility index (Phi) is 13.9. The molecule has 12 aromatic rings. The number of fused-ring (bicyclic) bond motifs is 10. The minimum atomic E-state index is -0.185. The molecule has 0 spiro atoms. The number of benzene rings is 9. The summed E-state index contributed by atoms with van der Waals surface area (Å²) in [5.74, 6) is 2.33. The lowest BCUT2D eigenvalue weighted by molar-refractivity contribution is -0.570. The van der Waals surface area contributed by atoms with Crippen LogP contribution in [0.5, 0.6) is 11.5 Å². The number of para-hydroxylation sites is 1. The second-order valence-corrected chi connectivity index (χ2v) is 31.3. The number of nitrogens with zero attached hydrogens (tertiary/aromatic N) is 4. The molecule has 0 saturated carbocycles. The Morgan fingerprint density at radius 3 is 1.42 bits per heavy atom. The van der Waals surface area contributed by atoms with E-state index in [1.165, 1.54) is 66.6 Å². The van der Waals surface area contributed by atoms with Crippen LogP contribution in [0.4, 0.5) is 0 Å². The third-order valence-corrected chi connectivity index (χ3v) is 18.5. The summed E-state index contributed by atoms with van der Waals surface area (Å²) in [5, 5.41) is 2.31. The summed E-state index contributed by atoms with van der Waals surface area (Å²) < 4.78 is 14.1. The first-order valence-corrected chi connectivity index (χ1v) is 31.9. The molecule has 89 heavy (non-hydrogen) atoms. The second-order valence-electron chi connectivity index (χ2n) is 31.3. The van der Waals surface area contributed by atoms with Crippen LogP contribution in [-0.4, -0.2) is 14.1 Å². The lowest BCUT2D eigenvalue weighted by atomic mass is 9.77. The molecule has 0 atom stereocenters. The van der Waals surface area contributed by atoms with Gasteiger partial charge in [0.25, 0.3) is 6.33 Å². The van der Waals surface area contributed by atoms with Gasteiger partial charge in [-0.3, -0.25) is 13.7 Å². The zero-order valence-electron chi connectivity index (χ0n) is 55.7. The van der Waals surface area contributed by atoms with Gasteiger partial charge in [0.15, 0.2) is 0 Å². The molecular weight excluding hydrogens is 1080 g/mol. The number of hydrogen-bond acceptors (Lipinski definition) is 2. The van der Waals surface area contributed by atoms with Crippen molar-refractivity contribution in [3.8, 4) is 84.3 Å². The number of rotatable bonds is 6. The van der Waals surface area contributed by atoms with Crippen LogP contribution >= 0.6 is 0 Å². The summed E-state index contributed by atoms with van der Waals surface area (Å²) in [6, 6.07) is 70.7. The van der Waals surface area contributed by atoms with E-state index in [2.05, 4.69) is 333 Å². The van der Waals surface area contributed by atoms with E-state index >= 15 is 0 Å². The van der Waals surface area contributed by atoms with E-state index < -0.39 is 0 Å². The third kappa shape index (κ3) is 10.8. The predicted octanol–water partition coefficient (Wildman–Crippen LogP) is 22.4. The van der Waals surface area contributed by atoms with Gasteiger partial charge >= 0.3 is 0 Å². The second kappa shape index (κ2) is 20.9. The van der Waals surface area contributed by atoms with Gasteiger partial charge in [0.2, 0.25) is 0 Å². The Hall–Kier alpha value is -8.80. The van der Waals surface area contributed by atoms with Gasteiger partial charge in [-0.05, 0) is 176 Å². The molecule has 448 valence electrons. The molecule has 0 unspecified atom stereocenters. The molecule has 4 heterocycles. The van der Waals surface area contributed by atoms with E-state index in [4.69, 9.17) is 9.72 Å². The molecule has 5 nitrogen and oxygen atoms in total. The first-order chi connectivity index (χ1) is 41.9. The monoisotopic (exact) mass is 1170 g/mol. The molecule has 0 N–H and O–H groups in total. The maximum Gasteiger partial charge on any atom is 0.269 e. The first kappa shape index (κ1) is 59.2. The fourth-order valence-electron chi connectivity index (χ4n) is 13.0. The molecule has 1 aliphatic rings. The lowest BCUT2D eigenvalue weighted by Gasteiger charge is -2.29. The summed E-state index contributed by atoms with van der Waals surface area (Å²) >= 11 is 0. The van der Waals surface area contributed by atoms with Gasteiger partial charge in [0.05, 0.1) is 33.4 Å². The molecule has 0 fully saturated rings. The molecule has 13 rings (SSSR count). The average molecular weight is 1170 g/mol. The quantitative estimate of drug-likeness (QED) is 0.123. The van der Waals surface area contributed by atoms with Crippen molar-refractivity contribution in [3.05, 3.63) is 234 Å². The van der Waals surface area contributed by atoms with E-state index in [0.29, 0.717) is 5.75 Å². The van der Waals surface area contributed by atoms with Crippen LogP contribution in [0, 0.1) is 6.33 Å². The zero-order valence-corrected chi connectivity index (χ0v) is 55.7. The number of imidazole rings is 1. The van der Waals surface area contributed by atoms with Gasteiger partial charge in [-0.15, -0.1) is 0 Å². The van der Waals surface area contributed by atoms with Crippen molar-refractivity contribution in [2.24, 2.45) is 0 Å². The molecule has 0 bridgehead atoms. The van der Waals surface area contributed by atoms with E-state index in [0.717, 1.165) is 78.2 Å². The van der Waals surface area contributed by atoms with Crippen molar-refractivity contribution in [3.63, 3.8) is 0 Å². The highest BCUT2D eigenvalue weighted by molar-refractivity contribution is 6.10. The maximum atomic E-state index is 7.11. The zero-order chi connectivity index (χ0) is 63.1. The molecule has 3 aromatic heterocycles. The van der Waals surface area contributed by atoms with Gasteiger partial charge < -0.3 is 4.74 Å². The van der Waals surface area contributed by atoms with Gasteiger partial charge in [-0.2, -0.15) is 0 Å². The molecule has 1 aliphatic heterocycles. The Morgan fingerprint density at radius 2 is 0.831 bits per heavy atom. The summed E-state index contributed by atoms with van der Waals surface area (Å²) in [6.45, 7) is 41.8. The molecule has 5 heteroatoms. The minimum Gasteiger partial charge on any atom is -0.458 e. The molecule has 0 amide bonds. The fourth-order valence-corrected chi connectivity index (χ4v) is 13.0. The number of pyridine rings is 1. The topological polar surface area (TPSA) is 35.9 Å². The molecule has 0 radical (unpaired) electrons. The van der Waals surface area contributed by atoms with E-state index in [-0.39, 0.29) is 32.5 Å². The summed E-state index contributed by atoms with van der Waals surface area (Å²) in [4.78, 5) is 4.99. The van der Waals surface area contributed by atoms with E-state index in [9.17, 15) is 0 Å². The maximum absolute atomic E-state index is 7.11. The van der Waals surface area contributed by atoms with Crippen LogP contribution < -0.4 is 9.30 Å². The van der Waals surface area contributed by atoms with Crippen LogP contribution in [0.2, 0.25) is 0 Å². The van der Waals surface area contributed by atoms with E-state index in [1.807, 2.05) is 6.20 Å². The van der Waals surface area contributed by atoms with Crippen LogP contribution in [0.3, 0.4) is 0 Å². The Labute approximate surface area is 528 Å². The molecule has 0 saturated heterocycles. The molecule has 0 aliphatic carbocycles. The summed E-state index contributed by atoms with van der Waals surface area (Å²) in [6.07, 6.45) is 6.14. The van der Waals surface area contributed by atoms with Crippen LogP contribution in [0.1, 0.15) is 158 Å². The fraction of sp³-hybridized carbons (Fsp3) is 0.286. The number of hydrogen-bond donors (Lipinski definition) is 0. The smallest absolute Gasteiger partial charge is 0.269 e. The first-order valence-electron chi connectivity index (χ1n) is 31.9. The molecular formula is C84H86N4O. The molecule has 9 aromatic carbocycles. The minimum absolute atomic E-state index is 0.0468. The number of ether oxygens (including phenoxy) is 1. The van der Waals surface area contributed by atoms with Crippen LogP contribution in [-0.2, 0) is 32.5 Å². The highest BCUT2D eigenvalue weighted by Crippen LogP contribution is 2.49. The SMILES string of the molecule is CC(C)(C)c1cc(-c2cc3c4c(c2)n(-c2cccc(Oc5ccc6c7ccccc7n(-c7cc(C(C)(C)C)ccn7)c6c5)c2)[c-][n+]4-c2c(-c4cc(C(C)(C)C)cc(C(C)(C)C)c4)cc(C(C)(C)C)cc2-c2ccccc2-c2ccccc2-3)cc(C(C)(C)C)c1. The van der Waals surface area contributed by atoms with Crippen molar-refractivity contribution in [1.29, 1.82) is 0 Å². The third-order valence-electron chi connectivity index (χ3n) is 18.5. The highest BCUT2D eigenvalue weighted by atomic mass is 16.5. The Morgan fingerprint density at radius 1 is 0.348 bits per heavy atom. The van der Waals surface area contributed by atoms with Crippen molar-refractivity contribution in [2.75, 3.05) is 0 Å². The standard InChI is InChI=1S/C84H86N4O/c1-79(2,3)55-36-37-85-76(48-55)88-73-33-24-23-32-68(73)69-35-34-63(50-74(69)88)89-62-27-25-26-61(49-62)86-51-87-77-70(54-40-58(82(10,11)12)45-59(41-54)83(13,14)15)46-60(84(16,17)18)47-72(77)67-31-22-20-29-65(67)64-28-19-21-30-66(64)71-42-53(43-75(86)78(71)87)52-38-56(80(4,5)6)44-57(39-52)81(7,8)9/h19-50H,1-18H3. The van der Waals surface area contributed by atoms with E-state index in [1.54, 1.807) is 0 Å². The van der Waals surface area contributed by atoms with Crippen LogP contribution in [0.25, 0.3) is 106 Å². The van der Waals surface area contributed by atoms with Crippen molar-refractivity contribution < 1.29 is 9.30 Å². The van der Waals surface area contributed by atoms with Crippen molar-refractivity contribution in [2.45, 2.75) is 157 Å². The van der Waals surface area contributed by atoms with Gasteiger partial charge in [0, 0.05) is 23.0 Å². The van der Waals surface area contributed by atoms with Crippen molar-refractivity contribution >= 4 is 32.8 Å². The van der Waals surface area contributed by atoms with Gasteiger partial charge in [-0.1, -0.05) is 252 Å². The summed E-state index contributed by atoms with van der Waals surface area (Å²) in [5.41, 5.74) is 25.0. The van der Waals surface area contributed by atoms with Crippen LogP contribution in [0.15, 0.2) is 194 Å². The largest absolute Gasteiger partial charge is 0.458 e. The number of aromatic nitrogens is 4. The van der Waals surface area contributed by atoms with Crippen molar-refractivity contribution in [1.82, 2.24) is 14.1 Å². The average Bonchev–Trinajstić information content (AvgIpc) is 1.69. The lowest BCUT2D eigenvalue weighted by Crippen LogP contribution is -2.32. The summed E-state index contributed by atoms with van der Waals surface area (Å²) in [7, 11) is 0. The van der Waals surface area contributed by atoms with Gasteiger partial charge in [-0.25, -0.2) is 4.98 Å². The Balaban J connectivity index is 1.12. The predicted molar refractivity (Wildman–Crippen MR) is 375 cm³/mol. The normalized spacial score (nSPS) is 13.1. The highest BCUT2D eigenvalue weighted by Gasteiger charge is 2.32.